The third-order valence-electron chi connectivity index (χ3n) is 4.46. The minimum atomic E-state index is -4.71. The zero-order valence-electron chi connectivity index (χ0n) is 14.0. The van der Waals surface area contributed by atoms with E-state index in [1.165, 1.54) is 21.9 Å². The molecule has 1 aliphatic heterocycles. The maximum absolute atomic E-state index is 12.9. The molecule has 0 aromatic heterocycles. The Morgan fingerprint density at radius 3 is 2.56 bits per heavy atom. The van der Waals surface area contributed by atoms with Crippen molar-refractivity contribution < 1.29 is 27.5 Å². The first-order valence-electron chi connectivity index (χ1n) is 8.15. The summed E-state index contributed by atoms with van der Waals surface area (Å²) in [5.74, 6) is -0.722. The molecule has 1 aromatic rings. The Labute approximate surface area is 144 Å². The van der Waals surface area contributed by atoms with Crippen molar-refractivity contribution in [2.75, 3.05) is 20.1 Å². The Bertz CT molecular complexity index is 577. The van der Waals surface area contributed by atoms with Crippen molar-refractivity contribution in [2.24, 2.45) is 0 Å². The average Bonchev–Trinajstić information content (AvgIpc) is 2.56. The van der Waals surface area contributed by atoms with E-state index in [1.807, 2.05) is 0 Å². The number of benzene rings is 1. The maximum atomic E-state index is 12.9. The van der Waals surface area contributed by atoms with Crippen LogP contribution in [0.1, 0.15) is 24.8 Å². The Kier molecular flexibility index (Phi) is 6.40. The third-order valence-corrected chi connectivity index (χ3v) is 4.46. The zero-order valence-corrected chi connectivity index (χ0v) is 14.0. The molecule has 25 heavy (non-hydrogen) atoms. The van der Waals surface area contributed by atoms with Crippen molar-refractivity contribution >= 4 is 5.91 Å². The van der Waals surface area contributed by atoms with Gasteiger partial charge in [-0.2, -0.15) is 13.2 Å². The lowest BCUT2D eigenvalue weighted by molar-refractivity contribution is -0.224. The van der Waals surface area contributed by atoms with Gasteiger partial charge in [-0.3, -0.25) is 9.69 Å². The number of aliphatic hydroxyl groups is 1. The molecule has 1 heterocycles. The van der Waals surface area contributed by atoms with Crippen molar-refractivity contribution in [3.8, 4) is 0 Å². The Morgan fingerprint density at radius 1 is 1.32 bits per heavy atom. The molecule has 1 aliphatic rings. The van der Waals surface area contributed by atoms with Crippen LogP contribution in [0.5, 0.6) is 0 Å². The molecule has 0 spiro atoms. The fourth-order valence-electron chi connectivity index (χ4n) is 3.04. The van der Waals surface area contributed by atoms with Gasteiger partial charge >= 0.3 is 6.18 Å². The smallest absolute Gasteiger partial charge is 0.382 e. The van der Waals surface area contributed by atoms with Gasteiger partial charge in [0.1, 0.15) is 5.82 Å². The molecule has 0 unspecified atom stereocenters. The number of amides is 1. The summed E-state index contributed by atoms with van der Waals surface area (Å²) in [7, 11) is 1.55. The van der Waals surface area contributed by atoms with Crippen LogP contribution in [0.15, 0.2) is 24.3 Å². The van der Waals surface area contributed by atoms with E-state index >= 15 is 0 Å². The van der Waals surface area contributed by atoms with Crippen LogP contribution in [0.2, 0.25) is 0 Å². The van der Waals surface area contributed by atoms with E-state index < -0.39 is 18.3 Å². The average molecular weight is 362 g/mol. The molecule has 8 heteroatoms. The summed E-state index contributed by atoms with van der Waals surface area (Å²) < 4.78 is 51.4. The molecule has 1 fully saturated rings. The number of carbonyl (C=O) groups excluding carboxylic acids is 1. The quantitative estimate of drug-likeness (QED) is 0.819. The van der Waals surface area contributed by atoms with Crippen molar-refractivity contribution in [2.45, 2.75) is 44.1 Å². The van der Waals surface area contributed by atoms with E-state index in [0.29, 0.717) is 19.4 Å². The van der Waals surface area contributed by atoms with Crippen LogP contribution in [0.25, 0.3) is 0 Å². The molecule has 2 atom stereocenters. The highest BCUT2D eigenvalue weighted by Gasteiger charge is 2.46. The van der Waals surface area contributed by atoms with Gasteiger partial charge in [-0.05, 0) is 37.1 Å². The molecule has 1 aromatic carbocycles. The Morgan fingerprint density at radius 2 is 1.96 bits per heavy atom. The topological polar surface area (TPSA) is 43.8 Å². The van der Waals surface area contributed by atoms with Gasteiger partial charge < -0.3 is 10.0 Å². The number of nitrogens with zero attached hydrogens (tertiary/aromatic N) is 2. The predicted molar refractivity (Wildman–Crippen MR) is 84.1 cm³/mol. The van der Waals surface area contributed by atoms with Crippen LogP contribution in [0.3, 0.4) is 0 Å². The third kappa shape index (κ3) is 5.40. The Balaban J connectivity index is 1.97. The second kappa shape index (κ2) is 8.14. The van der Waals surface area contributed by atoms with E-state index in [4.69, 9.17) is 0 Å². The number of carbonyl (C=O) groups is 1. The summed E-state index contributed by atoms with van der Waals surface area (Å²) in [6, 6.07) is 4.57. The lowest BCUT2D eigenvalue weighted by Gasteiger charge is -2.39. The monoisotopic (exact) mass is 362 g/mol. The van der Waals surface area contributed by atoms with Gasteiger partial charge in [-0.15, -0.1) is 0 Å². The molecule has 0 bridgehead atoms. The SMILES string of the molecule is CN(Cc1ccc(F)cc1)C(=O)CN1CCCC[C@@H]1[C@@H](O)C(F)(F)F. The number of halogens is 4. The zero-order chi connectivity index (χ0) is 18.6. The highest BCUT2D eigenvalue weighted by molar-refractivity contribution is 5.78. The first-order valence-corrected chi connectivity index (χ1v) is 8.15. The van der Waals surface area contributed by atoms with Crippen molar-refractivity contribution in [3.63, 3.8) is 0 Å². The van der Waals surface area contributed by atoms with Crippen molar-refractivity contribution in [1.29, 1.82) is 0 Å². The summed E-state index contributed by atoms with van der Waals surface area (Å²) in [4.78, 5) is 15.1. The van der Waals surface area contributed by atoms with Gasteiger partial charge in [-0.25, -0.2) is 4.39 Å². The molecule has 0 aliphatic carbocycles. The molecule has 1 amide bonds. The summed E-state index contributed by atoms with van der Waals surface area (Å²) in [5.41, 5.74) is 0.725. The second-order valence-corrected chi connectivity index (χ2v) is 6.40. The van der Waals surface area contributed by atoms with E-state index in [-0.39, 0.29) is 31.2 Å². The minimum Gasteiger partial charge on any atom is -0.382 e. The number of aliphatic hydroxyl groups excluding tert-OH is 1. The summed E-state index contributed by atoms with van der Waals surface area (Å²) >= 11 is 0. The van der Waals surface area contributed by atoms with Crippen LogP contribution in [-0.2, 0) is 11.3 Å². The van der Waals surface area contributed by atoms with Gasteiger partial charge in [0.2, 0.25) is 5.91 Å². The van der Waals surface area contributed by atoms with Gasteiger partial charge in [0, 0.05) is 19.6 Å². The fraction of sp³-hybridized carbons (Fsp3) is 0.588. The standard InChI is InChI=1S/C17H22F4N2O2/c1-22(10-12-5-7-13(18)8-6-12)15(24)11-23-9-3-2-4-14(23)16(25)17(19,20)21/h5-8,14,16,25H,2-4,9-11H2,1H3/t14-,16-/m1/s1. The largest absolute Gasteiger partial charge is 0.415 e. The van der Waals surface area contributed by atoms with Crippen LogP contribution >= 0.6 is 0 Å². The minimum absolute atomic E-state index is 0.185. The van der Waals surface area contributed by atoms with Gasteiger partial charge in [0.05, 0.1) is 6.54 Å². The summed E-state index contributed by atoms with van der Waals surface area (Å²) in [6.45, 7) is 0.392. The molecular formula is C17H22F4N2O2. The van der Waals surface area contributed by atoms with Crippen molar-refractivity contribution in [3.05, 3.63) is 35.6 Å². The van der Waals surface area contributed by atoms with Gasteiger partial charge in [0.15, 0.2) is 6.10 Å². The fourth-order valence-corrected chi connectivity index (χ4v) is 3.04. The highest BCUT2D eigenvalue weighted by Crippen LogP contribution is 2.29. The van der Waals surface area contributed by atoms with Gasteiger partial charge in [-0.1, -0.05) is 18.6 Å². The summed E-state index contributed by atoms with van der Waals surface area (Å²) in [5, 5.41) is 9.57. The second-order valence-electron chi connectivity index (χ2n) is 6.40. The normalized spacial score (nSPS) is 20.3. The Hall–Kier alpha value is -1.67. The predicted octanol–water partition coefficient (Wildman–Crippen LogP) is 2.56. The highest BCUT2D eigenvalue weighted by atomic mass is 19.4. The number of likely N-dealkylation sites (N-methyl/N-ethyl adjacent to an activating group) is 1. The first-order chi connectivity index (χ1) is 11.7. The molecule has 140 valence electrons. The first kappa shape index (κ1) is 19.7. The number of likely N-dealkylation sites (tertiary alicyclic amines) is 1. The lowest BCUT2D eigenvalue weighted by atomic mass is 9.97. The number of alkyl halides is 3. The van der Waals surface area contributed by atoms with Gasteiger partial charge in [0.25, 0.3) is 0 Å². The molecule has 1 saturated heterocycles. The van der Waals surface area contributed by atoms with Crippen LogP contribution in [-0.4, -0.2) is 59.3 Å². The number of rotatable bonds is 5. The van der Waals surface area contributed by atoms with Crippen LogP contribution < -0.4 is 0 Å². The maximum Gasteiger partial charge on any atom is 0.415 e. The van der Waals surface area contributed by atoms with Crippen LogP contribution in [0.4, 0.5) is 17.6 Å². The summed E-state index contributed by atoms with van der Waals surface area (Å²) in [6.07, 6.45) is -5.67. The molecule has 1 N–H and O–H groups in total. The van der Waals surface area contributed by atoms with E-state index in [0.717, 1.165) is 5.56 Å². The molecular weight excluding hydrogens is 340 g/mol. The lowest BCUT2D eigenvalue weighted by Crippen LogP contribution is -2.54. The van der Waals surface area contributed by atoms with E-state index in [2.05, 4.69) is 0 Å². The van der Waals surface area contributed by atoms with E-state index in [1.54, 1.807) is 19.2 Å². The molecule has 0 saturated carbocycles. The number of hydrogen-bond acceptors (Lipinski definition) is 3. The molecule has 2 rings (SSSR count). The molecule has 4 nitrogen and oxygen atoms in total. The van der Waals surface area contributed by atoms with Crippen molar-refractivity contribution in [1.82, 2.24) is 9.80 Å². The number of piperidine rings is 1. The van der Waals surface area contributed by atoms with Crippen LogP contribution in [0, 0.1) is 5.82 Å². The molecule has 0 radical (unpaired) electrons. The van der Waals surface area contributed by atoms with E-state index in [9.17, 15) is 27.5 Å². The number of hydrogen-bond donors (Lipinski definition) is 1.